The van der Waals surface area contributed by atoms with Gasteiger partial charge in [0.2, 0.25) is 5.91 Å². The number of carbonyl (C=O) groups excluding carboxylic acids is 1. The van der Waals surface area contributed by atoms with Gasteiger partial charge in [-0.15, -0.1) is 11.3 Å². The molecule has 1 saturated carbocycles. The van der Waals surface area contributed by atoms with Gasteiger partial charge in [-0.2, -0.15) is 4.31 Å². The van der Waals surface area contributed by atoms with Gasteiger partial charge in [-0.1, -0.05) is 25.7 Å². The van der Waals surface area contributed by atoms with Crippen molar-refractivity contribution in [1.82, 2.24) is 9.62 Å². The summed E-state index contributed by atoms with van der Waals surface area (Å²) in [7, 11) is -3.36. The lowest BCUT2D eigenvalue weighted by Gasteiger charge is -2.13. The minimum absolute atomic E-state index is 0.0154. The average Bonchev–Trinajstić information content (AvgIpc) is 3.32. The number of rotatable bonds is 8. The van der Waals surface area contributed by atoms with Crippen LogP contribution in [0.25, 0.3) is 0 Å². The normalized spacial score (nSPS) is 19.5. The lowest BCUT2D eigenvalue weighted by molar-refractivity contribution is -0.120. The molecule has 0 radical (unpaired) electrons. The van der Waals surface area contributed by atoms with Gasteiger partial charge in [0, 0.05) is 24.5 Å². The van der Waals surface area contributed by atoms with Crippen molar-refractivity contribution in [3.63, 3.8) is 0 Å². The molecule has 0 unspecified atom stereocenters. The molecule has 2 fully saturated rings. The fourth-order valence-corrected chi connectivity index (χ4v) is 6.81. The molecular weight excluding hydrogens is 356 g/mol. The number of sulfonamides is 1. The Bertz CT molecular complexity index is 672. The van der Waals surface area contributed by atoms with Crippen molar-refractivity contribution in [2.24, 2.45) is 5.92 Å². The number of nitrogens with zero attached hydrogens (tertiary/aromatic N) is 1. The fraction of sp³-hybridized carbons (Fsp3) is 0.722. The molecule has 140 valence electrons. The number of hydrogen-bond acceptors (Lipinski definition) is 4. The van der Waals surface area contributed by atoms with Gasteiger partial charge in [0.1, 0.15) is 4.21 Å². The van der Waals surface area contributed by atoms with E-state index in [2.05, 4.69) is 5.32 Å². The molecule has 2 heterocycles. The lowest BCUT2D eigenvalue weighted by atomic mass is 10.0. The summed E-state index contributed by atoms with van der Waals surface area (Å²) in [5.41, 5.74) is 0. The SMILES string of the molecule is O=C(Cc1ccc(S(=O)(=O)N2CCCC2)s1)NCCCC1CCCC1. The maximum absolute atomic E-state index is 12.5. The minimum Gasteiger partial charge on any atom is -0.356 e. The predicted molar refractivity (Wildman–Crippen MR) is 100 cm³/mol. The van der Waals surface area contributed by atoms with Crippen molar-refractivity contribution >= 4 is 27.3 Å². The molecule has 5 nitrogen and oxygen atoms in total. The van der Waals surface area contributed by atoms with Crippen molar-refractivity contribution in [2.75, 3.05) is 19.6 Å². The smallest absolute Gasteiger partial charge is 0.252 e. The van der Waals surface area contributed by atoms with Crippen LogP contribution in [0.4, 0.5) is 0 Å². The molecule has 25 heavy (non-hydrogen) atoms. The molecule has 2 aliphatic rings. The van der Waals surface area contributed by atoms with Crippen LogP contribution in [-0.2, 0) is 21.2 Å². The van der Waals surface area contributed by atoms with E-state index in [0.717, 1.165) is 36.6 Å². The van der Waals surface area contributed by atoms with E-state index in [1.54, 1.807) is 16.4 Å². The summed E-state index contributed by atoms with van der Waals surface area (Å²) >= 11 is 1.22. The highest BCUT2D eigenvalue weighted by Crippen LogP contribution is 2.29. The van der Waals surface area contributed by atoms with Gasteiger partial charge >= 0.3 is 0 Å². The summed E-state index contributed by atoms with van der Waals surface area (Å²) < 4.78 is 26.9. The highest BCUT2D eigenvalue weighted by Gasteiger charge is 2.28. The van der Waals surface area contributed by atoms with Crippen LogP contribution >= 0.6 is 11.3 Å². The van der Waals surface area contributed by atoms with Gasteiger partial charge in [0.05, 0.1) is 6.42 Å². The van der Waals surface area contributed by atoms with E-state index < -0.39 is 10.0 Å². The summed E-state index contributed by atoms with van der Waals surface area (Å²) in [5, 5.41) is 2.97. The van der Waals surface area contributed by atoms with Crippen molar-refractivity contribution < 1.29 is 13.2 Å². The minimum atomic E-state index is -3.36. The summed E-state index contributed by atoms with van der Waals surface area (Å²) in [6, 6.07) is 3.41. The van der Waals surface area contributed by atoms with Crippen LogP contribution in [0.15, 0.2) is 16.3 Å². The second-order valence-electron chi connectivity index (χ2n) is 7.15. The quantitative estimate of drug-likeness (QED) is 0.700. The molecule has 1 aliphatic carbocycles. The summed E-state index contributed by atoms with van der Waals surface area (Å²) in [6.45, 7) is 1.94. The molecule has 1 aromatic rings. The lowest BCUT2D eigenvalue weighted by Crippen LogP contribution is -2.27. The molecule has 7 heteroatoms. The van der Waals surface area contributed by atoms with Gasteiger partial charge in [-0.05, 0) is 43.7 Å². The van der Waals surface area contributed by atoms with Crippen LogP contribution in [0.1, 0.15) is 56.2 Å². The number of carbonyl (C=O) groups is 1. The van der Waals surface area contributed by atoms with Crippen LogP contribution in [-0.4, -0.2) is 38.3 Å². The number of hydrogen-bond donors (Lipinski definition) is 1. The van der Waals surface area contributed by atoms with Gasteiger partial charge in [-0.3, -0.25) is 4.79 Å². The monoisotopic (exact) mass is 384 g/mol. The Morgan fingerprint density at radius 3 is 2.60 bits per heavy atom. The molecule has 0 aromatic carbocycles. The first kappa shape index (κ1) is 18.9. The molecule has 1 aliphatic heterocycles. The van der Waals surface area contributed by atoms with Crippen LogP contribution in [0.2, 0.25) is 0 Å². The first-order chi connectivity index (χ1) is 12.1. The van der Waals surface area contributed by atoms with E-state index >= 15 is 0 Å². The fourth-order valence-electron chi connectivity index (χ4n) is 3.79. The van der Waals surface area contributed by atoms with Crippen molar-refractivity contribution in [3.05, 3.63) is 17.0 Å². The second-order valence-corrected chi connectivity index (χ2v) is 10.5. The molecule has 1 N–H and O–H groups in total. The summed E-state index contributed by atoms with van der Waals surface area (Å²) in [4.78, 5) is 12.9. The van der Waals surface area contributed by atoms with Crippen LogP contribution < -0.4 is 5.32 Å². The van der Waals surface area contributed by atoms with E-state index in [1.807, 2.05) is 0 Å². The van der Waals surface area contributed by atoms with Gasteiger partial charge in [-0.25, -0.2) is 8.42 Å². The van der Waals surface area contributed by atoms with E-state index in [9.17, 15) is 13.2 Å². The zero-order valence-electron chi connectivity index (χ0n) is 14.7. The Labute approximate surface area is 154 Å². The Hall–Kier alpha value is -0.920. The number of nitrogens with one attached hydrogen (secondary N) is 1. The van der Waals surface area contributed by atoms with Gasteiger partial charge in [0.15, 0.2) is 0 Å². The maximum Gasteiger partial charge on any atom is 0.252 e. The first-order valence-corrected chi connectivity index (χ1v) is 11.7. The third-order valence-electron chi connectivity index (χ3n) is 5.22. The molecular formula is C18H28N2O3S2. The van der Waals surface area contributed by atoms with Crippen LogP contribution in [0.5, 0.6) is 0 Å². The van der Waals surface area contributed by atoms with E-state index in [-0.39, 0.29) is 12.3 Å². The van der Waals surface area contributed by atoms with E-state index in [4.69, 9.17) is 0 Å². The van der Waals surface area contributed by atoms with E-state index in [0.29, 0.717) is 17.3 Å². The standard InChI is InChI=1S/C18H28N2O3S2/c21-17(19-11-5-8-15-6-1-2-7-15)14-16-9-10-18(24-16)25(22,23)20-12-3-4-13-20/h9-10,15H,1-8,11-14H2,(H,19,21). The largest absolute Gasteiger partial charge is 0.356 e. The maximum atomic E-state index is 12.5. The van der Waals surface area contributed by atoms with Crippen molar-refractivity contribution in [3.8, 4) is 0 Å². The Morgan fingerprint density at radius 1 is 1.16 bits per heavy atom. The molecule has 0 atom stereocenters. The summed E-state index contributed by atoms with van der Waals surface area (Å²) in [5.74, 6) is 0.839. The van der Waals surface area contributed by atoms with Crippen molar-refractivity contribution in [2.45, 2.75) is 62.0 Å². The van der Waals surface area contributed by atoms with Crippen LogP contribution in [0.3, 0.4) is 0 Å². The molecule has 0 bridgehead atoms. The van der Waals surface area contributed by atoms with Gasteiger partial charge in [0.25, 0.3) is 10.0 Å². The van der Waals surface area contributed by atoms with Gasteiger partial charge < -0.3 is 5.32 Å². The summed E-state index contributed by atoms with van der Waals surface area (Å²) in [6.07, 6.45) is 9.78. The zero-order chi connectivity index (χ0) is 17.7. The van der Waals surface area contributed by atoms with Crippen molar-refractivity contribution in [1.29, 1.82) is 0 Å². The predicted octanol–water partition coefficient (Wildman–Crippen LogP) is 3.16. The molecule has 1 amide bonds. The topological polar surface area (TPSA) is 66.5 Å². The second kappa shape index (κ2) is 8.64. The molecule has 1 saturated heterocycles. The third kappa shape index (κ3) is 5.05. The van der Waals surface area contributed by atoms with E-state index in [1.165, 1.54) is 43.4 Å². The molecule has 3 rings (SSSR count). The Morgan fingerprint density at radius 2 is 1.88 bits per heavy atom. The third-order valence-corrected chi connectivity index (χ3v) is 8.67. The highest BCUT2D eigenvalue weighted by atomic mass is 32.2. The number of amides is 1. The zero-order valence-corrected chi connectivity index (χ0v) is 16.3. The Kier molecular flexibility index (Phi) is 6.52. The first-order valence-electron chi connectivity index (χ1n) is 9.41. The number of thiophene rings is 1. The molecule has 0 spiro atoms. The molecule has 1 aromatic heterocycles. The highest BCUT2D eigenvalue weighted by molar-refractivity contribution is 7.91. The van der Waals surface area contributed by atoms with Crippen LogP contribution in [0, 0.1) is 5.92 Å². The Balaban J connectivity index is 1.43. The average molecular weight is 385 g/mol.